The molecule has 0 atom stereocenters. The lowest BCUT2D eigenvalue weighted by molar-refractivity contribution is 0.221. The van der Waals surface area contributed by atoms with Gasteiger partial charge in [0.1, 0.15) is 5.76 Å². The van der Waals surface area contributed by atoms with Crippen molar-refractivity contribution in [3.8, 4) is 0 Å². The summed E-state index contributed by atoms with van der Waals surface area (Å²) in [5, 5.41) is 4.25. The van der Waals surface area contributed by atoms with Crippen LogP contribution < -0.4 is 0 Å². The van der Waals surface area contributed by atoms with Gasteiger partial charge < -0.3 is 4.74 Å². The monoisotopic (exact) mass is 274 g/mol. The van der Waals surface area contributed by atoms with E-state index in [0.717, 1.165) is 42.9 Å². The molecule has 1 aromatic heterocycles. The normalized spacial score (nSPS) is 13.1. The largest absolute Gasteiger partial charge is 0.493 e. The van der Waals surface area contributed by atoms with E-state index in [0.29, 0.717) is 0 Å². The molecule has 0 amide bonds. The van der Waals surface area contributed by atoms with E-state index in [9.17, 15) is 0 Å². The summed E-state index contributed by atoms with van der Waals surface area (Å²) in [6, 6.07) is 2.00. The van der Waals surface area contributed by atoms with Crippen molar-refractivity contribution in [3.05, 3.63) is 48.0 Å². The maximum absolute atomic E-state index is 5.89. The lowest BCUT2D eigenvalue weighted by Crippen LogP contribution is -2.02. The van der Waals surface area contributed by atoms with Crippen molar-refractivity contribution in [2.75, 3.05) is 6.61 Å². The fourth-order valence-electron chi connectivity index (χ4n) is 1.83. The SMILES string of the molecule is C=C/C(OCCCC)=C(\C=C(/C)CC)c1ccnn1C. The van der Waals surface area contributed by atoms with Gasteiger partial charge in [-0.05, 0) is 31.9 Å². The highest BCUT2D eigenvalue weighted by Gasteiger charge is 2.10. The molecule has 0 saturated heterocycles. The molecular weight excluding hydrogens is 248 g/mol. The minimum absolute atomic E-state index is 0.720. The summed E-state index contributed by atoms with van der Waals surface area (Å²) >= 11 is 0. The van der Waals surface area contributed by atoms with Gasteiger partial charge in [0, 0.05) is 18.8 Å². The van der Waals surface area contributed by atoms with E-state index in [2.05, 4.69) is 38.5 Å². The maximum atomic E-state index is 5.89. The molecule has 0 aliphatic heterocycles. The third kappa shape index (κ3) is 4.41. The van der Waals surface area contributed by atoms with Gasteiger partial charge >= 0.3 is 0 Å². The summed E-state index contributed by atoms with van der Waals surface area (Å²) in [6.07, 6.45) is 8.94. The Morgan fingerprint density at radius 1 is 1.45 bits per heavy atom. The van der Waals surface area contributed by atoms with Gasteiger partial charge in [0.05, 0.1) is 12.3 Å². The number of rotatable bonds is 8. The Labute approximate surface area is 122 Å². The van der Waals surface area contributed by atoms with E-state index < -0.39 is 0 Å². The molecule has 20 heavy (non-hydrogen) atoms. The van der Waals surface area contributed by atoms with E-state index in [1.54, 1.807) is 12.3 Å². The Morgan fingerprint density at radius 3 is 2.70 bits per heavy atom. The topological polar surface area (TPSA) is 27.1 Å². The summed E-state index contributed by atoms with van der Waals surface area (Å²) in [5.41, 5.74) is 3.40. The Kier molecular flexibility index (Phi) is 6.85. The van der Waals surface area contributed by atoms with Crippen LogP contribution in [0.3, 0.4) is 0 Å². The molecule has 0 aromatic carbocycles. The Morgan fingerprint density at radius 2 is 2.20 bits per heavy atom. The van der Waals surface area contributed by atoms with Crippen LogP contribution in [0, 0.1) is 0 Å². The first-order valence-corrected chi connectivity index (χ1v) is 7.29. The third-order valence-corrected chi connectivity index (χ3v) is 3.25. The van der Waals surface area contributed by atoms with Crippen LogP contribution >= 0.6 is 0 Å². The zero-order valence-electron chi connectivity index (χ0n) is 13.1. The minimum atomic E-state index is 0.720. The molecule has 0 unspecified atom stereocenters. The van der Waals surface area contributed by atoms with Gasteiger partial charge in [-0.2, -0.15) is 5.10 Å². The Hall–Kier alpha value is -1.77. The average Bonchev–Trinajstić information content (AvgIpc) is 2.87. The van der Waals surface area contributed by atoms with Crippen molar-refractivity contribution in [2.24, 2.45) is 7.05 Å². The van der Waals surface area contributed by atoms with Crippen LogP contribution in [0.4, 0.5) is 0 Å². The quantitative estimate of drug-likeness (QED) is 0.397. The van der Waals surface area contributed by atoms with Gasteiger partial charge in [0.25, 0.3) is 0 Å². The standard InChI is InChI=1S/C17H26N2O/c1-6-9-12-20-17(8-3)15(13-14(4)7-2)16-10-11-18-19(16)5/h8,10-11,13H,3,6-7,9,12H2,1-2,4-5H3/b14-13+,17-15-. The number of hydrogen-bond donors (Lipinski definition) is 0. The zero-order valence-corrected chi connectivity index (χ0v) is 13.1. The van der Waals surface area contributed by atoms with E-state index in [1.807, 2.05) is 17.8 Å². The number of aryl methyl sites for hydroxylation is 1. The highest BCUT2D eigenvalue weighted by Crippen LogP contribution is 2.23. The number of nitrogens with zero attached hydrogens (tertiary/aromatic N) is 2. The summed E-state index contributed by atoms with van der Waals surface area (Å²) < 4.78 is 7.76. The zero-order chi connectivity index (χ0) is 15.0. The summed E-state index contributed by atoms with van der Waals surface area (Å²) in [7, 11) is 1.94. The van der Waals surface area contributed by atoms with Crippen LogP contribution in [-0.2, 0) is 11.8 Å². The van der Waals surface area contributed by atoms with Gasteiger partial charge in [0.2, 0.25) is 0 Å². The predicted molar refractivity (Wildman–Crippen MR) is 85.2 cm³/mol. The van der Waals surface area contributed by atoms with Gasteiger partial charge in [0.15, 0.2) is 0 Å². The molecule has 0 aliphatic carbocycles. The van der Waals surface area contributed by atoms with Gasteiger partial charge in [-0.15, -0.1) is 0 Å². The molecule has 0 bridgehead atoms. The number of allylic oxidation sites excluding steroid dienone is 4. The second-order valence-corrected chi connectivity index (χ2v) is 4.87. The van der Waals surface area contributed by atoms with Crippen LogP contribution in [-0.4, -0.2) is 16.4 Å². The molecule has 1 rings (SSSR count). The lowest BCUT2D eigenvalue weighted by Gasteiger charge is -2.12. The van der Waals surface area contributed by atoms with Crippen LogP contribution in [0.2, 0.25) is 0 Å². The molecule has 1 aromatic rings. The molecular formula is C17H26N2O. The number of aromatic nitrogens is 2. The van der Waals surface area contributed by atoms with Crippen molar-refractivity contribution in [1.82, 2.24) is 9.78 Å². The van der Waals surface area contributed by atoms with Crippen molar-refractivity contribution in [3.63, 3.8) is 0 Å². The maximum Gasteiger partial charge on any atom is 0.128 e. The van der Waals surface area contributed by atoms with Crippen LogP contribution in [0.5, 0.6) is 0 Å². The second-order valence-electron chi connectivity index (χ2n) is 4.87. The average molecular weight is 274 g/mol. The van der Waals surface area contributed by atoms with Gasteiger partial charge in [-0.3, -0.25) is 4.68 Å². The van der Waals surface area contributed by atoms with E-state index >= 15 is 0 Å². The van der Waals surface area contributed by atoms with Crippen molar-refractivity contribution in [1.29, 1.82) is 0 Å². The minimum Gasteiger partial charge on any atom is -0.493 e. The van der Waals surface area contributed by atoms with Crippen molar-refractivity contribution in [2.45, 2.75) is 40.0 Å². The molecule has 3 heteroatoms. The molecule has 110 valence electrons. The number of unbranched alkanes of at least 4 members (excludes halogenated alkanes) is 1. The first-order chi connectivity index (χ1) is 9.63. The lowest BCUT2D eigenvalue weighted by atomic mass is 10.1. The predicted octanol–water partition coefficient (Wildman–Crippen LogP) is 4.49. The molecule has 0 N–H and O–H groups in total. The fourth-order valence-corrected chi connectivity index (χ4v) is 1.83. The molecule has 1 heterocycles. The Bertz CT molecular complexity index is 495. The highest BCUT2D eigenvalue weighted by atomic mass is 16.5. The smallest absolute Gasteiger partial charge is 0.128 e. The van der Waals surface area contributed by atoms with E-state index in [1.165, 1.54) is 5.57 Å². The van der Waals surface area contributed by atoms with Gasteiger partial charge in [-0.1, -0.05) is 38.5 Å². The van der Waals surface area contributed by atoms with Gasteiger partial charge in [-0.25, -0.2) is 0 Å². The molecule has 0 fully saturated rings. The molecule has 0 saturated carbocycles. The third-order valence-electron chi connectivity index (χ3n) is 3.25. The summed E-state index contributed by atoms with van der Waals surface area (Å²) in [5.74, 6) is 0.829. The van der Waals surface area contributed by atoms with Crippen LogP contribution in [0.1, 0.15) is 45.7 Å². The molecule has 0 aliphatic rings. The van der Waals surface area contributed by atoms with E-state index in [4.69, 9.17) is 4.74 Å². The van der Waals surface area contributed by atoms with Crippen molar-refractivity contribution >= 4 is 5.57 Å². The summed E-state index contributed by atoms with van der Waals surface area (Å²) in [4.78, 5) is 0. The Balaban J connectivity index is 3.19. The van der Waals surface area contributed by atoms with E-state index in [-0.39, 0.29) is 0 Å². The molecule has 0 spiro atoms. The number of hydrogen-bond acceptors (Lipinski definition) is 2. The highest BCUT2D eigenvalue weighted by molar-refractivity contribution is 5.75. The first-order valence-electron chi connectivity index (χ1n) is 7.29. The van der Waals surface area contributed by atoms with Crippen LogP contribution in [0.25, 0.3) is 5.57 Å². The summed E-state index contributed by atoms with van der Waals surface area (Å²) in [6.45, 7) is 11.0. The van der Waals surface area contributed by atoms with Crippen molar-refractivity contribution < 1.29 is 4.74 Å². The fraction of sp³-hybridized carbons (Fsp3) is 0.471. The second kappa shape index (κ2) is 8.41. The van der Waals surface area contributed by atoms with Crippen LogP contribution in [0.15, 0.2) is 42.3 Å². The molecule has 3 nitrogen and oxygen atoms in total. The first kappa shape index (κ1) is 16.3. The molecule has 0 radical (unpaired) electrons. The number of ether oxygens (including phenoxy) is 1.